The van der Waals surface area contributed by atoms with Crippen LogP contribution in [0.2, 0.25) is 0 Å². The third-order valence-electron chi connectivity index (χ3n) is 4.45. The Balaban J connectivity index is 2.65. The van der Waals surface area contributed by atoms with Gasteiger partial charge in [-0.15, -0.1) is 0 Å². The number of primary amides is 1. The largest absolute Gasteiger partial charge is 0.496 e. The molecule has 2 N–H and O–H groups in total. The molecular formula is C19H26N2O2. The lowest BCUT2D eigenvalue weighted by Gasteiger charge is -2.10. The number of carbonyl (C=O) groups excluding carboxylic acids is 1. The number of aromatic nitrogens is 1. The minimum atomic E-state index is -0.371. The van der Waals surface area contributed by atoms with E-state index in [1.165, 1.54) is 0 Å². The molecule has 0 fully saturated rings. The summed E-state index contributed by atoms with van der Waals surface area (Å²) in [5.41, 5.74) is 11.3. The Kier molecular flexibility index (Phi) is 5.14. The van der Waals surface area contributed by atoms with Gasteiger partial charge in [0.05, 0.1) is 12.7 Å². The molecule has 0 aliphatic carbocycles. The molecule has 0 aliphatic rings. The lowest BCUT2D eigenvalue weighted by molar-refractivity contribution is 0.1000. The molecule has 0 spiro atoms. The average molecular weight is 314 g/mol. The molecule has 2 rings (SSSR count). The Morgan fingerprint density at radius 2 is 1.91 bits per heavy atom. The van der Waals surface area contributed by atoms with Gasteiger partial charge >= 0.3 is 0 Å². The molecule has 1 aromatic heterocycles. The monoisotopic (exact) mass is 314 g/mol. The second kappa shape index (κ2) is 6.90. The summed E-state index contributed by atoms with van der Waals surface area (Å²) in [6.07, 6.45) is 2.19. The average Bonchev–Trinajstić information content (AvgIpc) is 2.76. The van der Waals surface area contributed by atoms with E-state index < -0.39 is 0 Å². The molecule has 1 amide bonds. The Bertz CT molecular complexity index is 729. The summed E-state index contributed by atoms with van der Waals surface area (Å²) in [5, 5.41) is 0. The maximum absolute atomic E-state index is 12.0. The van der Waals surface area contributed by atoms with Gasteiger partial charge in [0.2, 0.25) is 0 Å². The first kappa shape index (κ1) is 17.1. The first-order valence-corrected chi connectivity index (χ1v) is 8.06. The van der Waals surface area contributed by atoms with Crippen LogP contribution in [0.5, 0.6) is 5.75 Å². The van der Waals surface area contributed by atoms with Crippen molar-refractivity contribution < 1.29 is 9.53 Å². The van der Waals surface area contributed by atoms with Crippen molar-refractivity contribution in [1.29, 1.82) is 0 Å². The van der Waals surface area contributed by atoms with Gasteiger partial charge in [0.25, 0.3) is 5.91 Å². The lowest BCUT2D eigenvalue weighted by Crippen LogP contribution is -2.13. The Hall–Kier alpha value is -2.23. The minimum Gasteiger partial charge on any atom is -0.496 e. The van der Waals surface area contributed by atoms with Gasteiger partial charge in [-0.25, -0.2) is 0 Å². The van der Waals surface area contributed by atoms with Crippen molar-refractivity contribution in [3.63, 3.8) is 0 Å². The van der Waals surface area contributed by atoms with E-state index in [1.54, 1.807) is 7.11 Å². The van der Waals surface area contributed by atoms with E-state index >= 15 is 0 Å². The van der Waals surface area contributed by atoms with E-state index in [1.807, 2.05) is 26.0 Å². The van der Waals surface area contributed by atoms with Gasteiger partial charge in [0, 0.05) is 23.5 Å². The quantitative estimate of drug-likeness (QED) is 0.876. The summed E-state index contributed by atoms with van der Waals surface area (Å²) in [7, 11) is 1.66. The van der Waals surface area contributed by atoms with Crippen molar-refractivity contribution in [2.24, 2.45) is 5.73 Å². The summed E-state index contributed by atoms with van der Waals surface area (Å²) in [6.45, 7) is 9.11. The van der Waals surface area contributed by atoms with E-state index in [2.05, 4.69) is 24.5 Å². The molecule has 1 heterocycles. The Morgan fingerprint density at radius 1 is 1.22 bits per heavy atom. The van der Waals surface area contributed by atoms with Crippen LogP contribution in [-0.4, -0.2) is 17.6 Å². The number of rotatable bonds is 6. The highest BCUT2D eigenvalue weighted by atomic mass is 16.5. The van der Waals surface area contributed by atoms with Crippen LogP contribution in [0.15, 0.2) is 18.2 Å². The van der Waals surface area contributed by atoms with Crippen molar-refractivity contribution in [3.8, 4) is 16.9 Å². The van der Waals surface area contributed by atoms with E-state index in [9.17, 15) is 4.79 Å². The van der Waals surface area contributed by atoms with Crippen molar-refractivity contribution >= 4 is 5.91 Å². The highest BCUT2D eigenvalue weighted by molar-refractivity contribution is 6.02. The van der Waals surface area contributed by atoms with Gasteiger partial charge in [-0.05, 0) is 50.5 Å². The molecule has 4 heteroatoms. The van der Waals surface area contributed by atoms with E-state index in [4.69, 9.17) is 10.5 Å². The molecule has 0 bridgehead atoms. The Labute approximate surface area is 138 Å². The van der Waals surface area contributed by atoms with Crippen LogP contribution < -0.4 is 10.5 Å². The maximum Gasteiger partial charge on any atom is 0.251 e. The van der Waals surface area contributed by atoms with Gasteiger partial charge < -0.3 is 15.0 Å². The number of aryl methyl sites for hydroxylation is 1. The normalized spacial score (nSPS) is 10.8. The molecule has 23 heavy (non-hydrogen) atoms. The number of benzene rings is 1. The number of methoxy groups -OCH3 is 1. The number of nitrogens with two attached hydrogens (primary N) is 1. The molecule has 124 valence electrons. The molecule has 0 atom stereocenters. The fourth-order valence-corrected chi connectivity index (χ4v) is 3.22. The summed E-state index contributed by atoms with van der Waals surface area (Å²) in [6, 6.07) is 5.98. The summed E-state index contributed by atoms with van der Waals surface area (Å²) in [4.78, 5) is 12.0. The number of unbranched alkanes of at least 4 members (excludes halogenated alkanes) is 1. The Morgan fingerprint density at radius 3 is 2.43 bits per heavy atom. The zero-order chi connectivity index (χ0) is 17.1. The number of hydrogen-bond acceptors (Lipinski definition) is 2. The van der Waals surface area contributed by atoms with Crippen molar-refractivity contribution in [2.45, 2.75) is 47.1 Å². The van der Waals surface area contributed by atoms with E-state index in [0.29, 0.717) is 5.56 Å². The highest BCUT2D eigenvalue weighted by Gasteiger charge is 2.22. The van der Waals surface area contributed by atoms with Crippen LogP contribution >= 0.6 is 0 Å². The van der Waals surface area contributed by atoms with Crippen LogP contribution in [0.3, 0.4) is 0 Å². The summed E-state index contributed by atoms with van der Waals surface area (Å²) in [5.74, 6) is 0.471. The molecule has 0 saturated heterocycles. The molecule has 1 aromatic carbocycles. The smallest absolute Gasteiger partial charge is 0.251 e. The highest BCUT2D eigenvalue weighted by Crippen LogP contribution is 2.34. The first-order chi connectivity index (χ1) is 10.9. The number of amides is 1. The predicted octanol–water partition coefficient (Wildman–Crippen LogP) is 3.99. The second-order valence-corrected chi connectivity index (χ2v) is 5.97. The first-order valence-electron chi connectivity index (χ1n) is 8.06. The van der Waals surface area contributed by atoms with Gasteiger partial charge in [0.1, 0.15) is 5.75 Å². The maximum atomic E-state index is 12.0. The number of carbonyl (C=O) groups is 1. The van der Waals surface area contributed by atoms with Gasteiger partial charge in [0.15, 0.2) is 0 Å². The minimum absolute atomic E-state index is 0.371. The molecule has 0 saturated carbocycles. The van der Waals surface area contributed by atoms with Crippen molar-refractivity contribution in [2.75, 3.05) is 7.11 Å². The van der Waals surface area contributed by atoms with E-state index in [-0.39, 0.29) is 5.91 Å². The molecule has 0 radical (unpaired) electrons. The van der Waals surface area contributed by atoms with Gasteiger partial charge in [-0.1, -0.05) is 19.4 Å². The lowest BCUT2D eigenvalue weighted by atomic mass is 9.98. The fourth-order valence-electron chi connectivity index (χ4n) is 3.22. The topological polar surface area (TPSA) is 57.2 Å². The zero-order valence-corrected chi connectivity index (χ0v) is 14.7. The standard InChI is InChI=1S/C19H26N2O2/c1-6-7-10-21-13(3)17(18(14(21)4)19(20)22)15-8-9-16(23-5)12(2)11-15/h8-9,11H,6-7,10H2,1-5H3,(H2,20,22). The number of ether oxygens (including phenoxy) is 1. The molecular weight excluding hydrogens is 288 g/mol. The third kappa shape index (κ3) is 3.11. The van der Waals surface area contributed by atoms with Crippen molar-refractivity contribution in [1.82, 2.24) is 4.57 Å². The number of hydrogen-bond donors (Lipinski definition) is 1. The van der Waals surface area contributed by atoms with Crippen molar-refractivity contribution in [3.05, 3.63) is 40.7 Å². The molecule has 0 aliphatic heterocycles. The van der Waals surface area contributed by atoms with Gasteiger partial charge in [-0.3, -0.25) is 4.79 Å². The molecule has 2 aromatic rings. The number of nitrogens with zero attached hydrogens (tertiary/aromatic N) is 1. The second-order valence-electron chi connectivity index (χ2n) is 5.97. The zero-order valence-electron chi connectivity index (χ0n) is 14.7. The molecule has 4 nitrogen and oxygen atoms in total. The fraction of sp³-hybridized carbons (Fsp3) is 0.421. The third-order valence-corrected chi connectivity index (χ3v) is 4.45. The summed E-state index contributed by atoms with van der Waals surface area (Å²) >= 11 is 0. The van der Waals surface area contributed by atoms with Crippen LogP contribution in [0.1, 0.15) is 47.1 Å². The van der Waals surface area contributed by atoms with E-state index in [0.717, 1.165) is 53.2 Å². The van der Waals surface area contributed by atoms with Crippen LogP contribution in [0.25, 0.3) is 11.1 Å². The predicted molar refractivity (Wildman–Crippen MR) is 94.1 cm³/mol. The van der Waals surface area contributed by atoms with Crippen LogP contribution in [-0.2, 0) is 6.54 Å². The van der Waals surface area contributed by atoms with Gasteiger partial charge in [-0.2, -0.15) is 0 Å². The SMILES string of the molecule is CCCCn1c(C)c(C(N)=O)c(-c2ccc(OC)c(C)c2)c1C. The van der Waals surface area contributed by atoms with Crippen LogP contribution in [0, 0.1) is 20.8 Å². The summed E-state index contributed by atoms with van der Waals surface area (Å²) < 4.78 is 7.54. The van der Waals surface area contributed by atoms with Crippen LogP contribution in [0.4, 0.5) is 0 Å². The molecule has 0 unspecified atom stereocenters.